The second kappa shape index (κ2) is 7.39. The second-order valence-corrected chi connectivity index (χ2v) is 5.80. The Hall–Kier alpha value is -1.22. The fraction of sp³-hybridized carbons (Fsp3) is 0.545. The van der Waals surface area contributed by atoms with Crippen LogP contribution in [-0.2, 0) is 14.8 Å². The van der Waals surface area contributed by atoms with Gasteiger partial charge in [-0.3, -0.25) is 0 Å². The molecule has 0 aromatic carbocycles. The number of pyridine rings is 1. The third-order valence-electron chi connectivity index (χ3n) is 2.52. The minimum absolute atomic E-state index is 0.101. The second-order valence-electron chi connectivity index (χ2n) is 4.09. The molecule has 1 aromatic rings. The summed E-state index contributed by atoms with van der Waals surface area (Å²) in [6, 6.07) is 2.70. The molecule has 8 heteroatoms. The zero-order chi connectivity index (χ0) is 14.3. The minimum atomic E-state index is -3.59. The van der Waals surface area contributed by atoms with Gasteiger partial charge in [-0.15, -0.1) is 0 Å². The summed E-state index contributed by atoms with van der Waals surface area (Å²) in [5, 5.41) is 0. The zero-order valence-corrected chi connectivity index (χ0v) is 11.9. The van der Waals surface area contributed by atoms with Crippen LogP contribution >= 0.6 is 0 Å². The van der Waals surface area contributed by atoms with Crippen LogP contribution in [0, 0.1) is 0 Å². The highest BCUT2D eigenvalue weighted by atomic mass is 32.2. The number of anilines is 1. The number of hydrogen-bond acceptors (Lipinski definition) is 6. The van der Waals surface area contributed by atoms with Gasteiger partial charge in [0, 0.05) is 19.3 Å². The Labute approximate surface area is 113 Å². The quantitative estimate of drug-likeness (QED) is 0.474. The van der Waals surface area contributed by atoms with Gasteiger partial charge in [0.1, 0.15) is 10.7 Å². The summed E-state index contributed by atoms with van der Waals surface area (Å²) in [7, 11) is -2.05. The molecule has 0 aliphatic carbocycles. The number of nitrogens with two attached hydrogens (primary N) is 1. The molecule has 0 bridgehead atoms. The summed E-state index contributed by atoms with van der Waals surface area (Å²) in [6.07, 6.45) is 2.83. The highest BCUT2D eigenvalue weighted by Crippen LogP contribution is 2.11. The average molecular weight is 288 g/mol. The average Bonchev–Trinajstić information content (AvgIpc) is 2.39. The number of nitrogens with one attached hydrogen (secondary N) is 2. The Morgan fingerprint density at radius 2 is 2.21 bits per heavy atom. The van der Waals surface area contributed by atoms with E-state index in [0.717, 1.165) is 6.42 Å². The van der Waals surface area contributed by atoms with Gasteiger partial charge in [-0.2, -0.15) is 0 Å². The van der Waals surface area contributed by atoms with Crippen molar-refractivity contribution in [3.63, 3.8) is 0 Å². The van der Waals surface area contributed by atoms with Gasteiger partial charge in [-0.05, 0) is 18.6 Å². The van der Waals surface area contributed by atoms with Crippen molar-refractivity contribution in [2.24, 2.45) is 5.84 Å². The number of aromatic nitrogens is 1. The fourth-order valence-corrected chi connectivity index (χ4v) is 2.84. The smallest absolute Gasteiger partial charge is 0.242 e. The number of nitrogen functional groups attached to an aromatic ring is 1. The molecule has 1 heterocycles. The molecule has 0 amide bonds. The molecule has 19 heavy (non-hydrogen) atoms. The first-order valence-electron chi connectivity index (χ1n) is 5.97. The lowest BCUT2D eigenvalue weighted by atomic mass is 10.2. The molecule has 0 radical (unpaired) electrons. The van der Waals surface area contributed by atoms with Gasteiger partial charge in [0.25, 0.3) is 0 Å². The molecule has 0 aliphatic rings. The largest absolute Gasteiger partial charge is 0.383 e. The molecule has 4 N–H and O–H groups in total. The van der Waals surface area contributed by atoms with E-state index in [0.29, 0.717) is 18.8 Å². The number of sulfonamides is 1. The maximum Gasteiger partial charge on any atom is 0.242 e. The lowest BCUT2D eigenvalue weighted by molar-refractivity contribution is 0.171. The van der Waals surface area contributed by atoms with Crippen molar-refractivity contribution in [1.29, 1.82) is 0 Å². The summed E-state index contributed by atoms with van der Waals surface area (Å²) >= 11 is 0. The number of ether oxygens (including phenoxy) is 1. The molecule has 1 unspecified atom stereocenters. The van der Waals surface area contributed by atoms with Crippen molar-refractivity contribution in [3.8, 4) is 0 Å². The monoisotopic (exact) mass is 288 g/mol. The van der Waals surface area contributed by atoms with Gasteiger partial charge >= 0.3 is 0 Å². The summed E-state index contributed by atoms with van der Waals surface area (Å²) in [5.41, 5.74) is 2.34. The third-order valence-corrected chi connectivity index (χ3v) is 4.03. The van der Waals surface area contributed by atoms with Crippen molar-refractivity contribution in [3.05, 3.63) is 18.3 Å². The maximum absolute atomic E-state index is 12.1. The highest BCUT2D eigenvalue weighted by Gasteiger charge is 2.19. The number of nitrogens with zero attached hydrogens (tertiary/aromatic N) is 1. The maximum atomic E-state index is 12.1. The summed E-state index contributed by atoms with van der Waals surface area (Å²) in [6.45, 7) is 2.32. The number of methoxy groups -OCH3 is 1. The number of hydrazine groups is 1. The van der Waals surface area contributed by atoms with Crippen molar-refractivity contribution in [2.75, 3.05) is 19.1 Å². The first kappa shape index (κ1) is 15.8. The topological polar surface area (TPSA) is 106 Å². The Morgan fingerprint density at radius 1 is 1.47 bits per heavy atom. The van der Waals surface area contributed by atoms with Crippen LogP contribution in [-0.4, -0.2) is 33.2 Å². The van der Waals surface area contributed by atoms with E-state index >= 15 is 0 Å². The molecule has 0 saturated heterocycles. The van der Waals surface area contributed by atoms with Gasteiger partial charge in [0.05, 0.1) is 6.61 Å². The Balaban J connectivity index is 2.83. The van der Waals surface area contributed by atoms with E-state index in [1.807, 2.05) is 6.92 Å². The first-order valence-corrected chi connectivity index (χ1v) is 7.45. The highest BCUT2D eigenvalue weighted by molar-refractivity contribution is 7.89. The van der Waals surface area contributed by atoms with E-state index in [1.54, 1.807) is 7.11 Å². The Bertz CT molecular complexity index is 469. The van der Waals surface area contributed by atoms with Gasteiger partial charge in [0.2, 0.25) is 10.0 Å². The van der Waals surface area contributed by atoms with E-state index < -0.39 is 10.0 Å². The summed E-state index contributed by atoms with van der Waals surface area (Å²) < 4.78 is 31.9. The summed E-state index contributed by atoms with van der Waals surface area (Å²) in [5.74, 6) is 5.58. The normalized spacial score (nSPS) is 13.2. The predicted octanol–water partition coefficient (Wildman–Crippen LogP) is 0.461. The molecule has 108 valence electrons. The van der Waals surface area contributed by atoms with Crippen molar-refractivity contribution >= 4 is 15.8 Å². The van der Waals surface area contributed by atoms with E-state index in [4.69, 9.17) is 10.6 Å². The van der Waals surface area contributed by atoms with Crippen molar-refractivity contribution < 1.29 is 13.2 Å². The van der Waals surface area contributed by atoms with Crippen LogP contribution in [0.2, 0.25) is 0 Å². The van der Waals surface area contributed by atoms with Crippen LogP contribution in [0.4, 0.5) is 5.82 Å². The first-order chi connectivity index (χ1) is 9.03. The van der Waals surface area contributed by atoms with E-state index in [-0.39, 0.29) is 10.9 Å². The zero-order valence-electron chi connectivity index (χ0n) is 11.1. The summed E-state index contributed by atoms with van der Waals surface area (Å²) in [4.78, 5) is 3.98. The molecule has 1 rings (SSSR count). The van der Waals surface area contributed by atoms with Crippen molar-refractivity contribution in [1.82, 2.24) is 9.71 Å². The Morgan fingerprint density at radius 3 is 2.68 bits per heavy atom. The standard InChI is InChI=1S/C11H20N4O3S/c1-3-4-9(8-18-2)15-19(16,17)10-5-6-11(14-12)13-7-10/h5-7,9,15H,3-4,8,12H2,1-2H3,(H,13,14). The molecule has 0 aliphatic heterocycles. The molecule has 1 atom stereocenters. The predicted molar refractivity (Wildman–Crippen MR) is 72.9 cm³/mol. The molecule has 0 spiro atoms. The van der Waals surface area contributed by atoms with Crippen LogP contribution in [0.5, 0.6) is 0 Å². The van der Waals surface area contributed by atoms with E-state index in [1.165, 1.54) is 18.3 Å². The fourth-order valence-electron chi connectivity index (χ4n) is 1.64. The molecule has 7 nitrogen and oxygen atoms in total. The lowest BCUT2D eigenvalue weighted by Gasteiger charge is -2.17. The van der Waals surface area contributed by atoms with Gasteiger partial charge in [-0.1, -0.05) is 13.3 Å². The van der Waals surface area contributed by atoms with Crippen LogP contribution in [0.3, 0.4) is 0 Å². The van der Waals surface area contributed by atoms with Crippen LogP contribution in [0.15, 0.2) is 23.2 Å². The van der Waals surface area contributed by atoms with E-state index in [2.05, 4.69) is 15.1 Å². The van der Waals surface area contributed by atoms with E-state index in [9.17, 15) is 8.42 Å². The van der Waals surface area contributed by atoms with Crippen LogP contribution in [0.1, 0.15) is 19.8 Å². The number of hydrogen-bond donors (Lipinski definition) is 3. The van der Waals surface area contributed by atoms with Crippen LogP contribution in [0.25, 0.3) is 0 Å². The lowest BCUT2D eigenvalue weighted by Crippen LogP contribution is -2.37. The van der Waals surface area contributed by atoms with Crippen LogP contribution < -0.4 is 16.0 Å². The third kappa shape index (κ3) is 4.75. The Kier molecular flexibility index (Phi) is 6.16. The molecular formula is C11H20N4O3S. The SMILES string of the molecule is CCCC(COC)NS(=O)(=O)c1ccc(NN)nc1. The van der Waals surface area contributed by atoms with Gasteiger partial charge in [0.15, 0.2) is 0 Å². The van der Waals surface area contributed by atoms with Gasteiger partial charge in [-0.25, -0.2) is 24.0 Å². The van der Waals surface area contributed by atoms with Gasteiger partial charge < -0.3 is 10.2 Å². The molecule has 1 aromatic heterocycles. The molecule has 0 saturated carbocycles. The molecule has 0 fully saturated rings. The van der Waals surface area contributed by atoms with Crippen molar-refractivity contribution in [2.45, 2.75) is 30.7 Å². The number of rotatable bonds is 8. The molecular weight excluding hydrogens is 268 g/mol. The minimum Gasteiger partial charge on any atom is -0.383 e.